The highest BCUT2D eigenvalue weighted by molar-refractivity contribution is 6.32. The van der Waals surface area contributed by atoms with Crippen molar-refractivity contribution >= 4 is 29.4 Å². The lowest BCUT2D eigenvalue weighted by atomic mass is 10.1. The topological polar surface area (TPSA) is 54.5 Å². The van der Waals surface area contributed by atoms with Crippen molar-refractivity contribution in [2.75, 3.05) is 25.5 Å². The second-order valence-corrected chi connectivity index (χ2v) is 6.90. The number of ether oxygens (including phenoxy) is 1. The summed E-state index contributed by atoms with van der Waals surface area (Å²) < 4.78 is 5.63. The van der Waals surface area contributed by atoms with Gasteiger partial charge in [-0.05, 0) is 49.1 Å². The Morgan fingerprint density at radius 1 is 1.44 bits per heavy atom. The SMILES string of the molecule is CCOc1c(Cl)cccc1CN(C)C(=O)/C=C/c1cnc2c(c1)CCCN2. The molecule has 1 N–H and O–H groups in total. The van der Waals surface area contributed by atoms with Gasteiger partial charge < -0.3 is 15.0 Å². The molecule has 1 aromatic carbocycles. The van der Waals surface area contributed by atoms with Crippen LogP contribution in [0.3, 0.4) is 0 Å². The lowest BCUT2D eigenvalue weighted by molar-refractivity contribution is -0.125. The second-order valence-electron chi connectivity index (χ2n) is 6.50. The summed E-state index contributed by atoms with van der Waals surface area (Å²) in [6, 6.07) is 7.66. The number of carbonyl (C=O) groups excluding carboxylic acids is 1. The van der Waals surface area contributed by atoms with Crippen LogP contribution in [0, 0.1) is 0 Å². The summed E-state index contributed by atoms with van der Waals surface area (Å²) in [7, 11) is 1.76. The van der Waals surface area contributed by atoms with Crippen LogP contribution in [0.15, 0.2) is 36.5 Å². The van der Waals surface area contributed by atoms with Crippen molar-refractivity contribution in [3.05, 3.63) is 58.3 Å². The van der Waals surface area contributed by atoms with Gasteiger partial charge in [0.1, 0.15) is 11.6 Å². The molecule has 6 heteroatoms. The molecule has 1 aliphatic heterocycles. The third-order valence-electron chi connectivity index (χ3n) is 4.44. The summed E-state index contributed by atoms with van der Waals surface area (Å²) in [6.07, 6.45) is 7.28. The third-order valence-corrected chi connectivity index (χ3v) is 4.74. The van der Waals surface area contributed by atoms with Gasteiger partial charge in [-0.1, -0.05) is 23.7 Å². The molecule has 27 heavy (non-hydrogen) atoms. The zero-order chi connectivity index (χ0) is 19.2. The lowest BCUT2D eigenvalue weighted by Gasteiger charge is -2.18. The molecule has 1 aliphatic rings. The van der Waals surface area contributed by atoms with E-state index in [-0.39, 0.29) is 5.91 Å². The summed E-state index contributed by atoms with van der Waals surface area (Å²) >= 11 is 6.22. The fourth-order valence-corrected chi connectivity index (χ4v) is 3.32. The molecule has 0 spiro atoms. The van der Waals surface area contributed by atoms with Crippen molar-refractivity contribution in [1.82, 2.24) is 9.88 Å². The van der Waals surface area contributed by atoms with Gasteiger partial charge in [0.15, 0.2) is 0 Å². The van der Waals surface area contributed by atoms with Gasteiger partial charge in [-0.15, -0.1) is 0 Å². The summed E-state index contributed by atoms with van der Waals surface area (Å²) in [5.74, 6) is 1.50. The summed E-state index contributed by atoms with van der Waals surface area (Å²) in [5, 5.41) is 3.84. The standard InChI is InChI=1S/C21H24ClN3O2/c1-3-27-20-17(6-4-8-18(20)22)14-25(2)19(26)10-9-15-12-16-7-5-11-23-21(16)24-13-15/h4,6,8-10,12-13H,3,5,7,11,14H2,1-2H3,(H,23,24)/b10-9+. The minimum Gasteiger partial charge on any atom is -0.492 e. The minimum absolute atomic E-state index is 0.0896. The molecule has 0 saturated heterocycles. The van der Waals surface area contributed by atoms with Crippen LogP contribution in [0.5, 0.6) is 5.75 Å². The van der Waals surface area contributed by atoms with E-state index in [9.17, 15) is 4.79 Å². The molecule has 0 fully saturated rings. The quantitative estimate of drug-likeness (QED) is 0.758. The molecule has 0 unspecified atom stereocenters. The van der Waals surface area contributed by atoms with Gasteiger partial charge >= 0.3 is 0 Å². The molecule has 2 heterocycles. The van der Waals surface area contributed by atoms with E-state index in [0.29, 0.717) is 23.9 Å². The average molecular weight is 386 g/mol. The van der Waals surface area contributed by atoms with E-state index in [1.807, 2.05) is 25.1 Å². The molecule has 3 rings (SSSR count). The summed E-state index contributed by atoms with van der Waals surface area (Å²) in [5.41, 5.74) is 3.01. The van der Waals surface area contributed by atoms with Gasteiger partial charge in [0.2, 0.25) is 5.91 Å². The number of pyridine rings is 1. The van der Waals surface area contributed by atoms with Gasteiger partial charge in [-0.3, -0.25) is 4.79 Å². The molecule has 1 amide bonds. The highest BCUT2D eigenvalue weighted by Crippen LogP contribution is 2.29. The Balaban J connectivity index is 1.68. The first-order chi connectivity index (χ1) is 13.1. The normalized spacial score (nSPS) is 13.1. The molecule has 142 valence electrons. The zero-order valence-corrected chi connectivity index (χ0v) is 16.4. The van der Waals surface area contributed by atoms with E-state index in [2.05, 4.69) is 16.4 Å². The number of nitrogens with zero attached hydrogens (tertiary/aromatic N) is 2. The Kier molecular flexibility index (Phi) is 6.35. The summed E-state index contributed by atoms with van der Waals surface area (Å²) in [4.78, 5) is 18.6. The maximum atomic E-state index is 12.5. The lowest BCUT2D eigenvalue weighted by Crippen LogP contribution is -2.24. The van der Waals surface area contributed by atoms with E-state index >= 15 is 0 Å². The number of aromatic nitrogens is 1. The number of benzene rings is 1. The number of amides is 1. The van der Waals surface area contributed by atoms with Crippen LogP contribution in [0.4, 0.5) is 5.82 Å². The van der Waals surface area contributed by atoms with E-state index in [4.69, 9.17) is 16.3 Å². The third kappa shape index (κ3) is 4.80. The Morgan fingerprint density at radius 2 is 2.30 bits per heavy atom. The van der Waals surface area contributed by atoms with E-state index < -0.39 is 0 Å². The predicted molar refractivity (Wildman–Crippen MR) is 109 cm³/mol. The first-order valence-corrected chi connectivity index (χ1v) is 9.52. The number of likely N-dealkylation sites (N-methyl/N-ethyl adjacent to an activating group) is 1. The Bertz CT molecular complexity index is 851. The van der Waals surface area contributed by atoms with Crippen molar-refractivity contribution in [2.24, 2.45) is 0 Å². The molecule has 0 atom stereocenters. The molecular formula is C21H24ClN3O2. The predicted octanol–water partition coefficient (Wildman–Crippen LogP) is 4.16. The molecular weight excluding hydrogens is 362 g/mol. The van der Waals surface area contributed by atoms with Gasteiger partial charge in [0.25, 0.3) is 0 Å². The number of hydrogen-bond donors (Lipinski definition) is 1. The maximum Gasteiger partial charge on any atom is 0.246 e. The molecule has 2 aromatic rings. The number of para-hydroxylation sites is 1. The van der Waals surface area contributed by atoms with Gasteiger partial charge in [-0.2, -0.15) is 0 Å². The average Bonchev–Trinajstić information content (AvgIpc) is 2.68. The van der Waals surface area contributed by atoms with Crippen molar-refractivity contribution in [3.63, 3.8) is 0 Å². The van der Waals surface area contributed by atoms with E-state index in [1.165, 1.54) is 5.56 Å². The van der Waals surface area contributed by atoms with Crippen LogP contribution in [0.25, 0.3) is 6.08 Å². The molecule has 0 aliphatic carbocycles. The van der Waals surface area contributed by atoms with Crippen LogP contribution in [-0.2, 0) is 17.8 Å². The van der Waals surface area contributed by atoms with Crippen molar-refractivity contribution < 1.29 is 9.53 Å². The largest absolute Gasteiger partial charge is 0.492 e. The smallest absolute Gasteiger partial charge is 0.246 e. The second kappa shape index (κ2) is 8.91. The Hall–Kier alpha value is -2.53. The number of halogens is 1. The zero-order valence-electron chi connectivity index (χ0n) is 15.7. The number of fused-ring (bicyclic) bond motifs is 1. The van der Waals surface area contributed by atoms with Gasteiger partial charge in [0.05, 0.1) is 11.6 Å². The van der Waals surface area contributed by atoms with E-state index in [1.54, 1.807) is 30.3 Å². The van der Waals surface area contributed by atoms with Crippen molar-refractivity contribution in [3.8, 4) is 5.75 Å². The number of anilines is 1. The number of aryl methyl sites for hydroxylation is 1. The number of carbonyl (C=O) groups is 1. The van der Waals surface area contributed by atoms with E-state index in [0.717, 1.165) is 36.3 Å². The first kappa shape index (κ1) is 19.2. The molecule has 5 nitrogen and oxygen atoms in total. The summed E-state index contributed by atoms with van der Waals surface area (Å²) in [6.45, 7) is 3.82. The van der Waals surface area contributed by atoms with Crippen LogP contribution >= 0.6 is 11.6 Å². The van der Waals surface area contributed by atoms with Gasteiger partial charge in [0, 0.05) is 38.0 Å². The fraction of sp³-hybridized carbons (Fsp3) is 0.333. The van der Waals surface area contributed by atoms with Crippen LogP contribution in [-0.4, -0.2) is 36.0 Å². The molecule has 1 aromatic heterocycles. The highest BCUT2D eigenvalue weighted by Gasteiger charge is 2.13. The van der Waals surface area contributed by atoms with Crippen LogP contribution < -0.4 is 10.1 Å². The van der Waals surface area contributed by atoms with Gasteiger partial charge in [-0.25, -0.2) is 4.98 Å². The van der Waals surface area contributed by atoms with Crippen molar-refractivity contribution in [2.45, 2.75) is 26.3 Å². The Morgan fingerprint density at radius 3 is 3.11 bits per heavy atom. The molecule has 0 bridgehead atoms. The van der Waals surface area contributed by atoms with Crippen molar-refractivity contribution in [1.29, 1.82) is 0 Å². The minimum atomic E-state index is -0.0896. The monoisotopic (exact) mass is 385 g/mol. The Labute approximate surface area is 165 Å². The number of rotatable bonds is 6. The number of hydrogen-bond acceptors (Lipinski definition) is 4. The maximum absolute atomic E-state index is 12.5. The fourth-order valence-electron chi connectivity index (χ4n) is 3.07. The van der Waals surface area contributed by atoms with Crippen LogP contribution in [0.1, 0.15) is 30.0 Å². The molecule has 0 saturated carbocycles. The first-order valence-electron chi connectivity index (χ1n) is 9.14. The van der Waals surface area contributed by atoms with Crippen LogP contribution in [0.2, 0.25) is 5.02 Å². The highest BCUT2D eigenvalue weighted by atomic mass is 35.5. The number of nitrogens with one attached hydrogen (secondary N) is 1. The molecule has 0 radical (unpaired) electrons.